The molecule has 94 valence electrons. The molecule has 0 bridgehead atoms. The first-order valence-corrected chi connectivity index (χ1v) is 7.18. The summed E-state index contributed by atoms with van der Waals surface area (Å²) in [5.41, 5.74) is 0.679. The second kappa shape index (κ2) is 7.21. The number of rotatable bonds is 5. The molecular formula is C13H17ClINO. The van der Waals surface area contributed by atoms with Crippen molar-refractivity contribution in [1.29, 1.82) is 0 Å². The molecule has 1 aromatic carbocycles. The average molecular weight is 366 g/mol. The lowest BCUT2D eigenvalue weighted by molar-refractivity contribution is 0.0953. The smallest absolute Gasteiger partial charge is 0.251 e. The zero-order valence-corrected chi connectivity index (χ0v) is 13.0. The van der Waals surface area contributed by atoms with Crippen molar-refractivity contribution in [2.75, 3.05) is 6.54 Å². The zero-order chi connectivity index (χ0) is 12.8. The molecule has 0 radical (unpaired) electrons. The predicted octanol–water partition coefficient (Wildman–Crippen LogP) is 3.67. The van der Waals surface area contributed by atoms with Crippen molar-refractivity contribution in [2.24, 2.45) is 5.92 Å². The highest BCUT2D eigenvalue weighted by atomic mass is 127. The number of hydrogen-bond donors (Lipinski definition) is 1. The topological polar surface area (TPSA) is 29.1 Å². The van der Waals surface area contributed by atoms with E-state index in [0.29, 0.717) is 18.0 Å². The van der Waals surface area contributed by atoms with Gasteiger partial charge in [0, 0.05) is 15.7 Å². The van der Waals surface area contributed by atoms with Crippen LogP contribution in [0, 0.1) is 9.49 Å². The molecule has 1 unspecified atom stereocenters. The lowest BCUT2D eigenvalue weighted by Gasteiger charge is -2.12. The summed E-state index contributed by atoms with van der Waals surface area (Å²) in [5.74, 6) is 0.489. The molecule has 1 atom stereocenters. The van der Waals surface area contributed by atoms with Crippen LogP contribution in [0.3, 0.4) is 0 Å². The number of alkyl halides is 1. The lowest BCUT2D eigenvalue weighted by Crippen LogP contribution is -2.30. The van der Waals surface area contributed by atoms with Crippen LogP contribution in [0.1, 0.15) is 30.6 Å². The van der Waals surface area contributed by atoms with Crippen LogP contribution in [0.4, 0.5) is 0 Å². The Hall–Kier alpha value is -0.290. The van der Waals surface area contributed by atoms with Gasteiger partial charge in [-0.25, -0.2) is 0 Å². The van der Waals surface area contributed by atoms with Crippen molar-refractivity contribution in [1.82, 2.24) is 5.32 Å². The van der Waals surface area contributed by atoms with Gasteiger partial charge in [0.1, 0.15) is 0 Å². The molecule has 1 rings (SSSR count). The van der Waals surface area contributed by atoms with E-state index >= 15 is 0 Å². The number of carbonyl (C=O) groups excluding carboxylic acids is 1. The summed E-state index contributed by atoms with van der Waals surface area (Å²) in [4.78, 5) is 11.8. The molecule has 0 spiro atoms. The minimum atomic E-state index is -0.0594. The van der Waals surface area contributed by atoms with Gasteiger partial charge in [-0.15, -0.1) is 11.6 Å². The van der Waals surface area contributed by atoms with Crippen LogP contribution in [0.5, 0.6) is 0 Å². The summed E-state index contributed by atoms with van der Waals surface area (Å²) in [6.07, 6.45) is 0.911. The van der Waals surface area contributed by atoms with Crippen molar-refractivity contribution in [3.05, 3.63) is 33.4 Å². The Morgan fingerprint density at radius 1 is 1.35 bits per heavy atom. The van der Waals surface area contributed by atoms with Crippen LogP contribution in [-0.2, 0) is 0 Å². The monoisotopic (exact) mass is 365 g/mol. The van der Waals surface area contributed by atoms with Crippen molar-refractivity contribution in [3.63, 3.8) is 0 Å². The van der Waals surface area contributed by atoms with Gasteiger partial charge in [0.25, 0.3) is 5.91 Å². The maximum absolute atomic E-state index is 11.8. The number of carbonyl (C=O) groups is 1. The predicted molar refractivity (Wildman–Crippen MR) is 80.6 cm³/mol. The fourth-order valence-corrected chi connectivity index (χ4v) is 2.29. The molecule has 0 aliphatic rings. The van der Waals surface area contributed by atoms with E-state index in [9.17, 15) is 4.79 Å². The van der Waals surface area contributed by atoms with Crippen LogP contribution >= 0.6 is 34.2 Å². The van der Waals surface area contributed by atoms with Crippen LogP contribution in [0.2, 0.25) is 0 Å². The summed E-state index contributed by atoms with van der Waals surface area (Å²) >= 11 is 8.33. The van der Waals surface area contributed by atoms with E-state index in [1.54, 1.807) is 0 Å². The maximum Gasteiger partial charge on any atom is 0.251 e. The van der Waals surface area contributed by atoms with E-state index < -0.39 is 0 Å². The van der Waals surface area contributed by atoms with Crippen molar-refractivity contribution in [3.8, 4) is 0 Å². The fourth-order valence-electron chi connectivity index (χ4n) is 1.50. The third-order valence-corrected chi connectivity index (χ3v) is 3.37. The number of hydrogen-bond acceptors (Lipinski definition) is 1. The molecule has 0 saturated carbocycles. The van der Waals surface area contributed by atoms with Crippen molar-refractivity contribution < 1.29 is 4.79 Å². The van der Waals surface area contributed by atoms with Gasteiger partial charge in [-0.1, -0.05) is 13.8 Å². The van der Waals surface area contributed by atoms with E-state index in [1.807, 2.05) is 24.3 Å². The Balaban J connectivity index is 2.42. The van der Waals surface area contributed by atoms with Crippen molar-refractivity contribution >= 4 is 40.1 Å². The molecule has 0 aliphatic heterocycles. The molecule has 1 aromatic rings. The van der Waals surface area contributed by atoms with Crippen LogP contribution < -0.4 is 5.32 Å². The summed E-state index contributed by atoms with van der Waals surface area (Å²) in [6, 6.07) is 7.48. The third kappa shape index (κ3) is 5.73. The molecule has 0 aromatic heterocycles. The Bertz CT molecular complexity index is 364. The van der Waals surface area contributed by atoms with Gasteiger partial charge in [0.2, 0.25) is 0 Å². The second-order valence-electron chi connectivity index (χ2n) is 4.44. The molecule has 1 amide bonds. The van der Waals surface area contributed by atoms with E-state index in [4.69, 9.17) is 11.6 Å². The Kier molecular flexibility index (Phi) is 6.27. The van der Waals surface area contributed by atoms with E-state index in [1.165, 1.54) is 0 Å². The van der Waals surface area contributed by atoms with Crippen LogP contribution in [0.15, 0.2) is 24.3 Å². The van der Waals surface area contributed by atoms with E-state index in [-0.39, 0.29) is 11.3 Å². The first-order valence-electron chi connectivity index (χ1n) is 5.67. The lowest BCUT2D eigenvalue weighted by atomic mass is 10.1. The first kappa shape index (κ1) is 14.8. The molecule has 17 heavy (non-hydrogen) atoms. The summed E-state index contributed by atoms with van der Waals surface area (Å²) in [7, 11) is 0. The summed E-state index contributed by atoms with van der Waals surface area (Å²) in [6.45, 7) is 4.76. The SMILES string of the molecule is CC(C)CC(Cl)CNC(=O)c1ccc(I)cc1. The number of benzene rings is 1. The summed E-state index contributed by atoms with van der Waals surface area (Å²) < 4.78 is 1.12. The zero-order valence-electron chi connectivity index (χ0n) is 10.0. The number of nitrogens with one attached hydrogen (secondary N) is 1. The minimum absolute atomic E-state index is 0.00259. The highest BCUT2D eigenvalue weighted by Gasteiger charge is 2.10. The molecular weight excluding hydrogens is 349 g/mol. The number of halogens is 2. The van der Waals surface area contributed by atoms with Crippen molar-refractivity contribution in [2.45, 2.75) is 25.6 Å². The maximum atomic E-state index is 11.8. The highest BCUT2D eigenvalue weighted by molar-refractivity contribution is 14.1. The van der Waals surface area contributed by atoms with Gasteiger partial charge in [-0.05, 0) is 59.2 Å². The molecule has 0 saturated heterocycles. The second-order valence-corrected chi connectivity index (χ2v) is 6.31. The van der Waals surface area contributed by atoms with Gasteiger partial charge in [0.15, 0.2) is 0 Å². The van der Waals surface area contributed by atoms with Gasteiger partial charge in [0.05, 0.1) is 5.38 Å². The van der Waals surface area contributed by atoms with E-state index in [0.717, 1.165) is 9.99 Å². The van der Waals surface area contributed by atoms with Gasteiger partial charge < -0.3 is 5.32 Å². The molecule has 0 fully saturated rings. The normalized spacial score (nSPS) is 12.5. The first-order chi connectivity index (χ1) is 7.99. The Morgan fingerprint density at radius 3 is 2.47 bits per heavy atom. The molecule has 0 heterocycles. The minimum Gasteiger partial charge on any atom is -0.351 e. The molecule has 1 N–H and O–H groups in total. The van der Waals surface area contributed by atoms with Crippen LogP contribution in [-0.4, -0.2) is 17.8 Å². The Morgan fingerprint density at radius 2 is 1.94 bits per heavy atom. The number of amides is 1. The molecule has 0 aliphatic carbocycles. The quantitative estimate of drug-likeness (QED) is 0.626. The largest absolute Gasteiger partial charge is 0.351 e. The van der Waals surface area contributed by atoms with Gasteiger partial charge in [-0.3, -0.25) is 4.79 Å². The third-order valence-electron chi connectivity index (χ3n) is 2.32. The van der Waals surface area contributed by atoms with Gasteiger partial charge in [-0.2, -0.15) is 0 Å². The molecule has 2 nitrogen and oxygen atoms in total. The summed E-state index contributed by atoms with van der Waals surface area (Å²) in [5, 5.41) is 2.85. The standard InChI is InChI=1S/C13H17ClINO/c1-9(2)7-11(14)8-16-13(17)10-3-5-12(15)6-4-10/h3-6,9,11H,7-8H2,1-2H3,(H,16,17). The van der Waals surface area contributed by atoms with Gasteiger partial charge >= 0.3 is 0 Å². The van der Waals surface area contributed by atoms with Crippen LogP contribution in [0.25, 0.3) is 0 Å². The van der Waals surface area contributed by atoms with E-state index in [2.05, 4.69) is 41.8 Å². The Labute approximate surface area is 121 Å². The molecule has 4 heteroatoms. The highest BCUT2D eigenvalue weighted by Crippen LogP contribution is 2.10. The average Bonchev–Trinajstić information content (AvgIpc) is 2.26. The fraction of sp³-hybridized carbons (Fsp3) is 0.462.